The van der Waals surface area contributed by atoms with Gasteiger partial charge in [-0.3, -0.25) is 14.6 Å². The molecule has 1 saturated carbocycles. The van der Waals surface area contributed by atoms with Gasteiger partial charge in [0.05, 0.1) is 30.8 Å². The van der Waals surface area contributed by atoms with Gasteiger partial charge in [0.1, 0.15) is 5.82 Å². The zero-order valence-corrected chi connectivity index (χ0v) is 21.1. The second kappa shape index (κ2) is 9.84. The van der Waals surface area contributed by atoms with E-state index in [4.69, 9.17) is 0 Å². The van der Waals surface area contributed by atoms with Crippen molar-refractivity contribution < 1.29 is 9.59 Å². The minimum absolute atomic E-state index is 0.0166. The second-order valence-electron chi connectivity index (χ2n) is 9.95. The van der Waals surface area contributed by atoms with Gasteiger partial charge in [0.15, 0.2) is 0 Å². The van der Waals surface area contributed by atoms with Crippen LogP contribution in [0.15, 0.2) is 25.2 Å². The van der Waals surface area contributed by atoms with Gasteiger partial charge in [-0.25, -0.2) is 9.78 Å². The molecule has 2 aliphatic heterocycles. The number of urea groups is 1. The molecule has 3 atom stereocenters. The van der Waals surface area contributed by atoms with Gasteiger partial charge < -0.3 is 20.1 Å². The summed E-state index contributed by atoms with van der Waals surface area (Å²) in [5.74, 6) is 1.85. The molecule has 0 aromatic carbocycles. The van der Waals surface area contributed by atoms with Crippen LogP contribution in [0.2, 0.25) is 0 Å². The highest BCUT2D eigenvalue weighted by molar-refractivity contribution is 5.93. The minimum atomic E-state index is -0.153. The minimum Gasteiger partial charge on any atom is -0.346 e. The van der Waals surface area contributed by atoms with Crippen LogP contribution in [-0.2, 0) is 11.5 Å². The van der Waals surface area contributed by atoms with Crippen LogP contribution < -0.4 is 15.5 Å². The zero-order valence-electron chi connectivity index (χ0n) is 21.1. The number of hydrogen-bond acceptors (Lipinski definition) is 8. The Morgan fingerprint density at radius 2 is 2.11 bits per heavy atom. The monoisotopic (exact) mass is 494 g/mol. The highest BCUT2D eigenvalue weighted by Crippen LogP contribution is 2.38. The molecule has 36 heavy (non-hydrogen) atoms. The van der Waals surface area contributed by atoms with Crippen LogP contribution in [0.25, 0.3) is 0 Å². The van der Waals surface area contributed by atoms with Crippen molar-refractivity contribution >= 4 is 23.8 Å². The Morgan fingerprint density at radius 1 is 1.31 bits per heavy atom. The maximum Gasteiger partial charge on any atom is 0.324 e. The van der Waals surface area contributed by atoms with Gasteiger partial charge in [-0.1, -0.05) is 6.58 Å². The maximum absolute atomic E-state index is 12.5. The Balaban J connectivity index is 1.22. The number of aryl methyl sites for hydroxylation is 1. The first kappa shape index (κ1) is 24.2. The highest BCUT2D eigenvalue weighted by atomic mass is 16.2. The fourth-order valence-corrected chi connectivity index (χ4v) is 5.04. The molecule has 0 bridgehead atoms. The molecule has 2 aromatic heterocycles. The Bertz CT molecular complexity index is 1150. The standard InChI is InChI=1S/C24H34N10O2/c1-5-21(35)33-9-8-31(11-15(33)2)14-32-12-19(26-13-32)16(3)27-22-28-17(4)29-23(30-22)34-20(18-6-7-18)10-25-24(34)36/h5,12-13,15-16,18,20H,1,6-11,14H2,2-4H3,(H,25,36)(H,27,28,29,30)/t15-,16-,20+/m0/s1. The molecule has 3 aliphatic rings. The highest BCUT2D eigenvalue weighted by Gasteiger charge is 2.43. The summed E-state index contributed by atoms with van der Waals surface area (Å²) in [6.07, 6.45) is 7.47. The van der Waals surface area contributed by atoms with Gasteiger partial charge in [-0.15, -0.1) is 0 Å². The lowest BCUT2D eigenvalue weighted by molar-refractivity contribution is -0.130. The largest absolute Gasteiger partial charge is 0.346 e. The van der Waals surface area contributed by atoms with Crippen molar-refractivity contribution in [1.82, 2.24) is 39.6 Å². The third-order valence-corrected chi connectivity index (χ3v) is 7.10. The molecule has 0 radical (unpaired) electrons. The Labute approximate surface area is 210 Å². The summed E-state index contributed by atoms with van der Waals surface area (Å²) in [5, 5.41) is 6.24. The average Bonchev–Trinajstić information content (AvgIpc) is 3.45. The van der Waals surface area contributed by atoms with E-state index in [1.165, 1.54) is 6.08 Å². The normalized spacial score (nSPS) is 23.5. The van der Waals surface area contributed by atoms with Gasteiger partial charge >= 0.3 is 6.03 Å². The van der Waals surface area contributed by atoms with Crippen LogP contribution in [0.1, 0.15) is 44.2 Å². The molecular formula is C24H34N10O2. The fourth-order valence-electron chi connectivity index (χ4n) is 5.04. The van der Waals surface area contributed by atoms with Crippen molar-refractivity contribution in [2.24, 2.45) is 5.92 Å². The number of rotatable bonds is 8. The van der Waals surface area contributed by atoms with Crippen LogP contribution in [0.3, 0.4) is 0 Å². The number of nitrogens with zero attached hydrogens (tertiary/aromatic N) is 8. The van der Waals surface area contributed by atoms with Gasteiger partial charge in [-0.2, -0.15) is 15.0 Å². The van der Waals surface area contributed by atoms with E-state index in [0.717, 1.165) is 31.6 Å². The summed E-state index contributed by atoms with van der Waals surface area (Å²) in [6, 6.07) is -0.0705. The Kier molecular flexibility index (Phi) is 6.61. The molecule has 2 N–H and O–H groups in total. The predicted octanol–water partition coefficient (Wildman–Crippen LogP) is 1.53. The zero-order chi connectivity index (χ0) is 25.4. The number of anilines is 2. The van der Waals surface area contributed by atoms with Crippen molar-refractivity contribution in [3.05, 3.63) is 36.7 Å². The van der Waals surface area contributed by atoms with Crippen LogP contribution >= 0.6 is 0 Å². The van der Waals surface area contributed by atoms with E-state index in [0.29, 0.717) is 43.4 Å². The first-order valence-electron chi connectivity index (χ1n) is 12.6. The van der Waals surface area contributed by atoms with E-state index in [9.17, 15) is 9.59 Å². The van der Waals surface area contributed by atoms with Crippen LogP contribution in [0.5, 0.6) is 0 Å². The second-order valence-corrected chi connectivity index (χ2v) is 9.95. The van der Waals surface area contributed by atoms with Gasteiger partial charge in [0.2, 0.25) is 17.8 Å². The first-order chi connectivity index (χ1) is 17.3. The molecule has 3 fully saturated rings. The van der Waals surface area contributed by atoms with E-state index in [1.54, 1.807) is 11.8 Å². The predicted molar refractivity (Wildman–Crippen MR) is 134 cm³/mol. The van der Waals surface area contributed by atoms with E-state index >= 15 is 0 Å². The summed E-state index contributed by atoms with van der Waals surface area (Å²) in [4.78, 5) is 48.4. The molecule has 0 unspecified atom stereocenters. The maximum atomic E-state index is 12.5. The molecule has 192 valence electrons. The third kappa shape index (κ3) is 5.03. The quantitative estimate of drug-likeness (QED) is 0.530. The smallest absolute Gasteiger partial charge is 0.324 e. The van der Waals surface area contributed by atoms with Crippen molar-refractivity contribution in [2.75, 3.05) is 36.4 Å². The lowest BCUT2D eigenvalue weighted by atomic mass is 10.2. The van der Waals surface area contributed by atoms with Crippen LogP contribution in [-0.4, -0.2) is 84.5 Å². The van der Waals surface area contributed by atoms with Crippen molar-refractivity contribution in [3.63, 3.8) is 0 Å². The molecule has 2 aromatic rings. The van der Waals surface area contributed by atoms with Crippen LogP contribution in [0.4, 0.5) is 16.7 Å². The summed E-state index contributed by atoms with van der Waals surface area (Å²) in [6.45, 7) is 13.1. The number of carbonyl (C=O) groups is 2. The molecule has 3 amide bonds. The van der Waals surface area contributed by atoms with Gasteiger partial charge in [0, 0.05) is 38.4 Å². The fraction of sp³-hybridized carbons (Fsp3) is 0.583. The van der Waals surface area contributed by atoms with E-state index in [-0.39, 0.29) is 30.1 Å². The molecule has 1 aliphatic carbocycles. The SMILES string of the molecule is C=CC(=O)N1CCN(Cn2cnc([C@H](C)Nc3nc(C)nc(N4C(=O)NC[C@@H]4C4CC4)n3)c2)C[C@@H]1C. The van der Waals surface area contributed by atoms with Crippen LogP contribution in [0, 0.1) is 12.8 Å². The first-order valence-corrected chi connectivity index (χ1v) is 12.6. The summed E-state index contributed by atoms with van der Waals surface area (Å²) in [5.41, 5.74) is 0.859. The average molecular weight is 495 g/mol. The molecular weight excluding hydrogens is 460 g/mol. The molecule has 0 spiro atoms. The number of imidazole rings is 1. The molecule has 4 heterocycles. The number of nitrogens with one attached hydrogen (secondary N) is 2. The van der Waals surface area contributed by atoms with Crippen molar-refractivity contribution in [3.8, 4) is 0 Å². The Morgan fingerprint density at radius 3 is 2.83 bits per heavy atom. The summed E-state index contributed by atoms with van der Waals surface area (Å²) >= 11 is 0. The van der Waals surface area contributed by atoms with Gasteiger partial charge in [0.25, 0.3) is 0 Å². The van der Waals surface area contributed by atoms with Crippen molar-refractivity contribution in [1.29, 1.82) is 0 Å². The summed E-state index contributed by atoms with van der Waals surface area (Å²) < 4.78 is 2.05. The number of amides is 3. The lowest BCUT2D eigenvalue weighted by Crippen LogP contribution is -2.53. The topological polar surface area (TPSA) is 124 Å². The number of hydrogen-bond donors (Lipinski definition) is 2. The van der Waals surface area contributed by atoms with Crippen molar-refractivity contribution in [2.45, 2.75) is 58.4 Å². The molecule has 2 saturated heterocycles. The number of piperazine rings is 1. The number of aromatic nitrogens is 5. The Hall–Kier alpha value is -3.54. The van der Waals surface area contributed by atoms with Gasteiger partial charge in [-0.05, 0) is 45.6 Å². The number of carbonyl (C=O) groups excluding carboxylic acids is 2. The van der Waals surface area contributed by atoms with E-state index in [1.807, 2.05) is 28.9 Å². The van der Waals surface area contributed by atoms with E-state index in [2.05, 4.69) is 49.0 Å². The molecule has 12 nitrogen and oxygen atoms in total. The molecule has 5 rings (SSSR count). The third-order valence-electron chi connectivity index (χ3n) is 7.10. The molecule has 12 heteroatoms. The summed E-state index contributed by atoms with van der Waals surface area (Å²) in [7, 11) is 0. The lowest BCUT2D eigenvalue weighted by Gasteiger charge is -2.39. The van der Waals surface area contributed by atoms with E-state index < -0.39 is 0 Å².